The number of alkyl halides is 3. The first-order chi connectivity index (χ1) is 16.4. The van der Waals surface area contributed by atoms with Crippen molar-refractivity contribution in [1.82, 2.24) is 9.88 Å². The predicted octanol–water partition coefficient (Wildman–Crippen LogP) is 4.93. The van der Waals surface area contributed by atoms with Crippen molar-refractivity contribution < 1.29 is 27.4 Å². The maximum atomic E-state index is 12.4. The SMILES string of the molecule is COc1cc2c(NCC3CC3)c3c(nc2cc1OCCCN1CCC(OC(F)(F)F)C1)CCC3. The fraction of sp³-hybridized carbons (Fsp3) is 0.640. The topological polar surface area (TPSA) is 55.8 Å². The van der Waals surface area contributed by atoms with E-state index in [1.807, 2.05) is 17.0 Å². The molecule has 34 heavy (non-hydrogen) atoms. The molecule has 3 aliphatic rings. The third kappa shape index (κ3) is 5.51. The van der Waals surface area contributed by atoms with E-state index in [1.54, 1.807) is 7.11 Å². The van der Waals surface area contributed by atoms with Crippen LogP contribution in [0.15, 0.2) is 12.1 Å². The first-order valence-corrected chi connectivity index (χ1v) is 12.3. The van der Waals surface area contributed by atoms with Crippen LogP contribution in [0.5, 0.6) is 11.5 Å². The summed E-state index contributed by atoms with van der Waals surface area (Å²) in [7, 11) is 1.64. The van der Waals surface area contributed by atoms with Gasteiger partial charge in [0.15, 0.2) is 11.5 Å². The first-order valence-electron chi connectivity index (χ1n) is 12.3. The highest BCUT2D eigenvalue weighted by Gasteiger charge is 2.36. The average Bonchev–Trinajstić information content (AvgIpc) is 3.33. The van der Waals surface area contributed by atoms with Crippen molar-refractivity contribution in [1.29, 1.82) is 0 Å². The number of nitrogens with zero attached hydrogens (tertiary/aromatic N) is 2. The minimum Gasteiger partial charge on any atom is -0.493 e. The lowest BCUT2D eigenvalue weighted by Crippen LogP contribution is -2.29. The smallest absolute Gasteiger partial charge is 0.493 e. The van der Waals surface area contributed by atoms with Gasteiger partial charge in [-0.2, -0.15) is 0 Å². The molecule has 1 N–H and O–H groups in total. The number of fused-ring (bicyclic) bond motifs is 2. The number of ether oxygens (including phenoxy) is 3. The second kappa shape index (κ2) is 9.77. The summed E-state index contributed by atoms with van der Waals surface area (Å²) in [6.07, 6.45) is 1.52. The molecule has 1 saturated carbocycles. The van der Waals surface area contributed by atoms with Crippen molar-refractivity contribution in [3.63, 3.8) is 0 Å². The lowest BCUT2D eigenvalue weighted by atomic mass is 10.1. The monoisotopic (exact) mass is 479 g/mol. The number of hydrogen-bond acceptors (Lipinski definition) is 6. The molecule has 2 aromatic rings. The number of anilines is 1. The number of pyridine rings is 1. The Morgan fingerprint density at radius 3 is 2.76 bits per heavy atom. The largest absolute Gasteiger partial charge is 0.522 e. The van der Waals surface area contributed by atoms with Gasteiger partial charge < -0.3 is 19.7 Å². The number of halogens is 3. The Morgan fingerprint density at radius 2 is 2.00 bits per heavy atom. The van der Waals surface area contributed by atoms with Gasteiger partial charge in [-0.1, -0.05) is 0 Å². The van der Waals surface area contributed by atoms with Gasteiger partial charge in [0.05, 0.1) is 25.3 Å². The number of aromatic nitrogens is 1. The molecule has 1 atom stereocenters. The molecule has 2 fully saturated rings. The molecule has 2 aliphatic carbocycles. The molecule has 6 nitrogen and oxygen atoms in total. The van der Waals surface area contributed by atoms with Crippen LogP contribution in [0.2, 0.25) is 0 Å². The van der Waals surface area contributed by atoms with Gasteiger partial charge in [-0.15, -0.1) is 13.2 Å². The number of aryl methyl sites for hydroxylation is 1. The van der Waals surface area contributed by atoms with Crippen molar-refractivity contribution in [2.75, 3.05) is 45.2 Å². The molecule has 1 saturated heterocycles. The second-order valence-corrected chi connectivity index (χ2v) is 9.59. The number of benzene rings is 1. The van der Waals surface area contributed by atoms with Crippen molar-refractivity contribution in [3.8, 4) is 11.5 Å². The fourth-order valence-corrected chi connectivity index (χ4v) is 5.07. The van der Waals surface area contributed by atoms with Crippen LogP contribution in [-0.4, -0.2) is 62.2 Å². The Bertz CT molecular complexity index is 1030. The molecule has 1 aliphatic heterocycles. The fourth-order valence-electron chi connectivity index (χ4n) is 5.07. The van der Waals surface area contributed by atoms with Crippen molar-refractivity contribution in [2.24, 2.45) is 5.92 Å². The summed E-state index contributed by atoms with van der Waals surface area (Å²) in [6, 6.07) is 3.98. The standard InChI is InChI=1S/C25H32F3N3O3/c1-32-22-12-19-21(30-20-5-2-4-18(20)24(19)29-14-16-6-7-16)13-23(22)33-11-3-9-31-10-8-17(15-31)34-25(26,27)28/h12-13,16-17H,2-11,14-15H2,1H3,(H,29,30). The van der Waals surface area contributed by atoms with Crippen molar-refractivity contribution in [3.05, 3.63) is 23.4 Å². The van der Waals surface area contributed by atoms with Crippen molar-refractivity contribution >= 4 is 16.6 Å². The van der Waals surface area contributed by atoms with Crippen LogP contribution in [0, 0.1) is 5.92 Å². The molecule has 1 aromatic heterocycles. The van der Waals surface area contributed by atoms with E-state index in [-0.39, 0.29) is 0 Å². The molecular weight excluding hydrogens is 447 g/mol. The molecule has 0 spiro atoms. The zero-order valence-corrected chi connectivity index (χ0v) is 19.5. The predicted molar refractivity (Wildman–Crippen MR) is 124 cm³/mol. The number of methoxy groups -OCH3 is 1. The molecule has 0 bridgehead atoms. The van der Waals surface area contributed by atoms with E-state index in [0.717, 1.165) is 42.6 Å². The second-order valence-electron chi connectivity index (χ2n) is 9.59. The van der Waals surface area contributed by atoms with Gasteiger partial charge >= 0.3 is 6.36 Å². The number of nitrogens with one attached hydrogen (secondary N) is 1. The van der Waals surface area contributed by atoms with Crippen molar-refractivity contribution in [2.45, 2.75) is 57.4 Å². The summed E-state index contributed by atoms with van der Waals surface area (Å²) in [5.41, 5.74) is 4.61. The lowest BCUT2D eigenvalue weighted by molar-refractivity contribution is -0.340. The summed E-state index contributed by atoms with van der Waals surface area (Å²) in [6.45, 7) is 3.00. The van der Waals surface area contributed by atoms with Gasteiger partial charge in [0.1, 0.15) is 0 Å². The van der Waals surface area contributed by atoms with E-state index in [1.165, 1.54) is 29.8 Å². The van der Waals surface area contributed by atoms with Gasteiger partial charge in [0.25, 0.3) is 0 Å². The maximum absolute atomic E-state index is 12.4. The van der Waals surface area contributed by atoms with Crippen LogP contribution in [-0.2, 0) is 17.6 Å². The summed E-state index contributed by atoms with van der Waals surface area (Å²) in [5.74, 6) is 2.09. The van der Waals surface area contributed by atoms with Crippen LogP contribution < -0.4 is 14.8 Å². The van der Waals surface area contributed by atoms with Gasteiger partial charge in [0, 0.05) is 49.0 Å². The van der Waals surface area contributed by atoms with E-state index in [2.05, 4.69) is 10.1 Å². The molecule has 5 rings (SSSR count). The first kappa shape index (κ1) is 23.5. The Balaban J connectivity index is 1.23. The minimum atomic E-state index is -4.57. The maximum Gasteiger partial charge on any atom is 0.522 e. The van der Waals surface area contributed by atoms with Crippen LogP contribution >= 0.6 is 0 Å². The molecule has 186 valence electrons. The highest BCUT2D eigenvalue weighted by Crippen LogP contribution is 2.40. The van der Waals surface area contributed by atoms with Crippen LogP contribution in [0.4, 0.5) is 18.9 Å². The molecular formula is C25H32F3N3O3. The molecule has 9 heteroatoms. The summed E-state index contributed by atoms with van der Waals surface area (Å²) in [4.78, 5) is 6.92. The zero-order valence-electron chi connectivity index (χ0n) is 19.5. The number of rotatable bonds is 10. The number of likely N-dealkylation sites (tertiary alicyclic amines) is 1. The van der Waals surface area contributed by atoms with Gasteiger partial charge in [0.2, 0.25) is 0 Å². The van der Waals surface area contributed by atoms with E-state index >= 15 is 0 Å². The van der Waals surface area contributed by atoms with Gasteiger partial charge in [-0.05, 0) is 62.5 Å². The van der Waals surface area contributed by atoms with Crippen LogP contribution in [0.3, 0.4) is 0 Å². The average molecular weight is 480 g/mol. The van der Waals surface area contributed by atoms with E-state index in [0.29, 0.717) is 50.6 Å². The molecule has 1 unspecified atom stereocenters. The normalized spacial score (nSPS) is 20.6. The summed E-state index contributed by atoms with van der Waals surface area (Å²) < 4.78 is 53.1. The summed E-state index contributed by atoms with van der Waals surface area (Å²) in [5, 5.41) is 4.77. The van der Waals surface area contributed by atoms with E-state index in [9.17, 15) is 13.2 Å². The third-order valence-electron chi connectivity index (χ3n) is 6.97. The quantitative estimate of drug-likeness (QED) is 0.488. The molecule has 0 radical (unpaired) electrons. The van der Waals surface area contributed by atoms with Gasteiger partial charge in [-0.3, -0.25) is 9.72 Å². The Hall–Kier alpha value is -2.26. The number of hydrogen-bond donors (Lipinski definition) is 1. The molecule has 0 amide bonds. The van der Waals surface area contributed by atoms with Gasteiger partial charge in [-0.25, -0.2) is 0 Å². The van der Waals surface area contributed by atoms with Crippen LogP contribution in [0.25, 0.3) is 10.9 Å². The Morgan fingerprint density at radius 1 is 1.15 bits per heavy atom. The van der Waals surface area contributed by atoms with Crippen LogP contribution in [0.1, 0.15) is 43.4 Å². The lowest BCUT2D eigenvalue weighted by Gasteiger charge is -2.19. The Kier molecular flexibility index (Phi) is 6.75. The zero-order chi connectivity index (χ0) is 23.7. The summed E-state index contributed by atoms with van der Waals surface area (Å²) >= 11 is 0. The molecule has 2 heterocycles. The molecule has 1 aromatic carbocycles. The highest BCUT2D eigenvalue weighted by molar-refractivity contribution is 5.96. The minimum absolute atomic E-state index is 0.296. The highest BCUT2D eigenvalue weighted by atomic mass is 19.4. The third-order valence-corrected chi connectivity index (χ3v) is 6.97. The van der Waals surface area contributed by atoms with E-state index in [4.69, 9.17) is 14.5 Å². The van der Waals surface area contributed by atoms with E-state index < -0.39 is 12.5 Å². The Labute approximate surface area is 197 Å².